The third-order valence-electron chi connectivity index (χ3n) is 3.00. The largest absolute Gasteiger partial charge is 0.324 e. The Hall–Kier alpha value is -0.600. The lowest BCUT2D eigenvalue weighted by atomic mass is 9.77. The van der Waals surface area contributed by atoms with Crippen molar-refractivity contribution in [3.63, 3.8) is 0 Å². The van der Waals surface area contributed by atoms with Gasteiger partial charge < -0.3 is 5.73 Å². The molecule has 0 amide bonds. The van der Waals surface area contributed by atoms with Gasteiger partial charge in [0, 0.05) is 6.04 Å². The second-order valence-corrected chi connectivity index (χ2v) is 4.24. The van der Waals surface area contributed by atoms with Gasteiger partial charge in [-0.15, -0.1) is 0 Å². The molecule has 1 aliphatic carbocycles. The summed E-state index contributed by atoms with van der Waals surface area (Å²) in [6, 6.07) is 4.73. The molecule has 1 fully saturated rings. The third kappa shape index (κ3) is 1.64. The van der Waals surface area contributed by atoms with E-state index in [9.17, 15) is 4.39 Å². The zero-order chi connectivity index (χ0) is 10.1. The van der Waals surface area contributed by atoms with E-state index in [1.165, 1.54) is 12.5 Å². The summed E-state index contributed by atoms with van der Waals surface area (Å²) in [5.74, 6) is 0.105. The lowest BCUT2D eigenvalue weighted by Crippen LogP contribution is -2.27. The molecular formula is C11H13ClFN. The fourth-order valence-corrected chi connectivity index (χ4v) is 2.08. The van der Waals surface area contributed by atoms with E-state index in [0.717, 1.165) is 18.4 Å². The van der Waals surface area contributed by atoms with Crippen LogP contribution in [-0.2, 0) is 0 Å². The summed E-state index contributed by atoms with van der Waals surface area (Å²) in [6.45, 7) is 0. The summed E-state index contributed by atoms with van der Waals surface area (Å²) in [6.07, 6.45) is 3.49. The normalized spacial score (nSPS) is 19.1. The predicted molar refractivity (Wildman–Crippen MR) is 55.7 cm³/mol. The molecule has 1 atom stereocenters. The van der Waals surface area contributed by atoms with Crippen molar-refractivity contribution in [2.75, 3.05) is 0 Å². The first kappa shape index (κ1) is 9.94. The zero-order valence-electron chi connectivity index (χ0n) is 7.84. The van der Waals surface area contributed by atoms with Gasteiger partial charge in [-0.25, -0.2) is 4.39 Å². The van der Waals surface area contributed by atoms with Crippen LogP contribution in [0.1, 0.15) is 30.9 Å². The lowest BCUT2D eigenvalue weighted by molar-refractivity contribution is 0.264. The van der Waals surface area contributed by atoms with Gasteiger partial charge in [0.1, 0.15) is 5.82 Å². The van der Waals surface area contributed by atoms with Crippen molar-refractivity contribution < 1.29 is 4.39 Å². The molecule has 3 heteroatoms. The third-order valence-corrected chi connectivity index (χ3v) is 3.40. The van der Waals surface area contributed by atoms with Gasteiger partial charge in [-0.2, -0.15) is 0 Å². The van der Waals surface area contributed by atoms with Crippen molar-refractivity contribution in [2.45, 2.75) is 25.3 Å². The van der Waals surface area contributed by atoms with Crippen molar-refractivity contribution in [3.8, 4) is 0 Å². The van der Waals surface area contributed by atoms with Gasteiger partial charge in [0.15, 0.2) is 0 Å². The minimum atomic E-state index is -0.376. The van der Waals surface area contributed by atoms with E-state index in [-0.39, 0.29) is 16.9 Å². The van der Waals surface area contributed by atoms with Crippen LogP contribution in [0, 0.1) is 11.7 Å². The van der Waals surface area contributed by atoms with Crippen molar-refractivity contribution in [3.05, 3.63) is 34.6 Å². The summed E-state index contributed by atoms with van der Waals surface area (Å²) in [7, 11) is 0. The van der Waals surface area contributed by atoms with Crippen LogP contribution in [-0.4, -0.2) is 0 Å². The molecule has 0 saturated heterocycles. The Balaban J connectivity index is 2.26. The summed E-state index contributed by atoms with van der Waals surface area (Å²) in [4.78, 5) is 0. The zero-order valence-corrected chi connectivity index (χ0v) is 8.60. The Bertz CT molecular complexity index is 336. The average molecular weight is 214 g/mol. The van der Waals surface area contributed by atoms with Crippen LogP contribution >= 0.6 is 11.6 Å². The highest BCUT2D eigenvalue weighted by Crippen LogP contribution is 2.38. The van der Waals surface area contributed by atoms with Crippen LogP contribution in [0.15, 0.2) is 18.2 Å². The number of halogens is 2. The summed E-state index contributed by atoms with van der Waals surface area (Å²) in [5, 5.41) is 0.187. The quantitative estimate of drug-likeness (QED) is 0.802. The smallest absolute Gasteiger partial charge is 0.142 e. The molecule has 0 heterocycles. The van der Waals surface area contributed by atoms with E-state index in [1.807, 2.05) is 6.07 Å². The van der Waals surface area contributed by atoms with Gasteiger partial charge in [0.25, 0.3) is 0 Å². The van der Waals surface area contributed by atoms with Gasteiger partial charge >= 0.3 is 0 Å². The molecule has 2 rings (SSSR count). The van der Waals surface area contributed by atoms with Crippen LogP contribution in [0.5, 0.6) is 0 Å². The molecule has 0 spiro atoms. The molecule has 0 aliphatic heterocycles. The molecular weight excluding hydrogens is 201 g/mol. The van der Waals surface area contributed by atoms with Crippen LogP contribution in [0.2, 0.25) is 5.02 Å². The van der Waals surface area contributed by atoms with Crippen LogP contribution in [0.3, 0.4) is 0 Å². The topological polar surface area (TPSA) is 26.0 Å². The maximum atomic E-state index is 13.1. The maximum Gasteiger partial charge on any atom is 0.142 e. The van der Waals surface area contributed by atoms with Crippen molar-refractivity contribution in [1.29, 1.82) is 0 Å². The van der Waals surface area contributed by atoms with E-state index >= 15 is 0 Å². The van der Waals surface area contributed by atoms with Gasteiger partial charge in [0.2, 0.25) is 0 Å². The molecule has 14 heavy (non-hydrogen) atoms. The molecule has 1 aliphatic rings. The Labute approximate surface area is 88.1 Å². The van der Waals surface area contributed by atoms with E-state index in [2.05, 4.69) is 0 Å². The number of rotatable bonds is 2. The molecule has 1 aromatic rings. The standard InChI is InChI=1S/C11H13ClFN/c12-10-8(5-2-6-9(10)13)11(14)7-3-1-4-7/h2,5-7,11H,1,3-4,14H2/t11-/m1/s1. The molecule has 0 aromatic heterocycles. The minimum Gasteiger partial charge on any atom is -0.324 e. The fraction of sp³-hybridized carbons (Fsp3) is 0.455. The Morgan fingerprint density at radius 1 is 1.43 bits per heavy atom. The molecule has 76 valence electrons. The summed E-state index contributed by atoms with van der Waals surface area (Å²) < 4.78 is 13.1. The SMILES string of the molecule is N[C@@H](c1cccc(F)c1Cl)C1CCC1. The molecule has 1 nitrogen and oxygen atoms in total. The van der Waals surface area contributed by atoms with Gasteiger partial charge in [-0.05, 0) is 30.4 Å². The number of benzene rings is 1. The second-order valence-electron chi connectivity index (χ2n) is 3.86. The maximum absolute atomic E-state index is 13.1. The minimum absolute atomic E-state index is 0.105. The van der Waals surface area contributed by atoms with Gasteiger partial charge in [-0.3, -0.25) is 0 Å². The van der Waals surface area contributed by atoms with Gasteiger partial charge in [-0.1, -0.05) is 30.2 Å². The van der Waals surface area contributed by atoms with E-state index in [4.69, 9.17) is 17.3 Å². The Morgan fingerprint density at radius 2 is 2.14 bits per heavy atom. The van der Waals surface area contributed by atoms with Crippen molar-refractivity contribution in [1.82, 2.24) is 0 Å². The fourth-order valence-electron chi connectivity index (χ4n) is 1.83. The first-order valence-electron chi connectivity index (χ1n) is 4.89. The highest BCUT2D eigenvalue weighted by molar-refractivity contribution is 6.31. The molecule has 0 unspecified atom stereocenters. The monoisotopic (exact) mass is 213 g/mol. The first-order valence-corrected chi connectivity index (χ1v) is 5.27. The van der Waals surface area contributed by atoms with Crippen LogP contribution in [0.4, 0.5) is 4.39 Å². The lowest BCUT2D eigenvalue weighted by Gasteiger charge is -2.31. The number of hydrogen-bond donors (Lipinski definition) is 1. The molecule has 0 radical (unpaired) electrons. The summed E-state index contributed by atoms with van der Waals surface area (Å²) in [5.41, 5.74) is 6.77. The van der Waals surface area contributed by atoms with Crippen molar-refractivity contribution in [2.24, 2.45) is 11.7 Å². The van der Waals surface area contributed by atoms with Gasteiger partial charge in [0.05, 0.1) is 5.02 Å². The number of nitrogens with two attached hydrogens (primary N) is 1. The summed E-state index contributed by atoms with van der Waals surface area (Å²) >= 11 is 5.86. The predicted octanol–water partition coefficient (Wildman–Crippen LogP) is 3.28. The second kappa shape index (κ2) is 3.87. The van der Waals surface area contributed by atoms with Crippen LogP contribution < -0.4 is 5.73 Å². The molecule has 0 bridgehead atoms. The Morgan fingerprint density at radius 3 is 2.71 bits per heavy atom. The van der Waals surface area contributed by atoms with E-state index in [1.54, 1.807) is 6.07 Å². The molecule has 2 N–H and O–H groups in total. The van der Waals surface area contributed by atoms with E-state index in [0.29, 0.717) is 5.92 Å². The first-order chi connectivity index (χ1) is 6.70. The van der Waals surface area contributed by atoms with Crippen LogP contribution in [0.25, 0.3) is 0 Å². The van der Waals surface area contributed by atoms with Crippen molar-refractivity contribution >= 4 is 11.6 Å². The molecule has 1 saturated carbocycles. The highest BCUT2D eigenvalue weighted by Gasteiger charge is 2.27. The van der Waals surface area contributed by atoms with E-state index < -0.39 is 0 Å². The highest BCUT2D eigenvalue weighted by atomic mass is 35.5. The Kier molecular flexibility index (Phi) is 2.75. The number of hydrogen-bond acceptors (Lipinski definition) is 1. The average Bonchev–Trinajstić information content (AvgIpc) is 2.06. The molecule has 1 aromatic carbocycles.